The first-order chi connectivity index (χ1) is 9.29. The minimum Gasteiger partial charge on any atom is -0.493 e. The molecule has 1 aliphatic heterocycles. The van der Waals surface area contributed by atoms with Crippen molar-refractivity contribution in [1.82, 2.24) is 10.6 Å². The van der Waals surface area contributed by atoms with Crippen molar-refractivity contribution >= 4 is 5.91 Å². The summed E-state index contributed by atoms with van der Waals surface area (Å²) >= 11 is 0. The Morgan fingerprint density at radius 3 is 2.25 bits per heavy atom. The molecule has 1 aromatic carbocycles. The van der Waals surface area contributed by atoms with Crippen molar-refractivity contribution in [2.24, 2.45) is 0 Å². The van der Waals surface area contributed by atoms with Crippen LogP contribution in [-0.4, -0.2) is 31.3 Å². The highest BCUT2D eigenvalue weighted by Gasteiger charge is 2.46. The number of benzene rings is 1. The van der Waals surface area contributed by atoms with Crippen LogP contribution in [0, 0.1) is 0 Å². The second-order valence-corrected chi connectivity index (χ2v) is 5.90. The lowest BCUT2D eigenvalue weighted by Gasteiger charge is -2.25. The summed E-state index contributed by atoms with van der Waals surface area (Å²) in [6, 6.07) is 5.72. The summed E-state index contributed by atoms with van der Waals surface area (Å²) in [5.74, 6) is 1.37. The van der Waals surface area contributed by atoms with Gasteiger partial charge in [0.05, 0.1) is 19.9 Å². The number of carbonyl (C=O) groups is 1. The fourth-order valence-electron chi connectivity index (χ4n) is 2.72. The summed E-state index contributed by atoms with van der Waals surface area (Å²) in [5, 5.41) is 6.29. The van der Waals surface area contributed by atoms with E-state index in [9.17, 15) is 4.79 Å². The van der Waals surface area contributed by atoms with Gasteiger partial charge in [0, 0.05) is 0 Å². The van der Waals surface area contributed by atoms with E-state index in [0.29, 0.717) is 17.9 Å². The van der Waals surface area contributed by atoms with E-state index in [-0.39, 0.29) is 11.6 Å². The molecule has 1 amide bonds. The van der Waals surface area contributed by atoms with Crippen molar-refractivity contribution in [3.63, 3.8) is 0 Å². The van der Waals surface area contributed by atoms with E-state index in [1.54, 1.807) is 14.2 Å². The molecule has 0 bridgehead atoms. The SMILES string of the molecule is COc1ccc(C[C@]2(C)NC(C)(C)NC2=O)cc1OC. The average Bonchev–Trinajstić information content (AvgIpc) is 2.57. The van der Waals surface area contributed by atoms with Crippen LogP contribution >= 0.6 is 0 Å². The lowest BCUT2D eigenvalue weighted by atomic mass is 9.92. The van der Waals surface area contributed by atoms with Gasteiger partial charge in [-0.2, -0.15) is 0 Å². The van der Waals surface area contributed by atoms with Crippen LogP contribution in [0.3, 0.4) is 0 Å². The van der Waals surface area contributed by atoms with Crippen molar-refractivity contribution in [3.8, 4) is 11.5 Å². The van der Waals surface area contributed by atoms with E-state index in [0.717, 1.165) is 5.56 Å². The lowest BCUT2D eigenvalue weighted by molar-refractivity contribution is -0.123. The molecular formula is C15H22N2O3. The lowest BCUT2D eigenvalue weighted by Crippen LogP contribution is -2.49. The number of hydrogen-bond acceptors (Lipinski definition) is 4. The predicted molar refractivity (Wildman–Crippen MR) is 77.0 cm³/mol. The van der Waals surface area contributed by atoms with Gasteiger partial charge in [-0.1, -0.05) is 6.07 Å². The monoisotopic (exact) mass is 278 g/mol. The second kappa shape index (κ2) is 4.98. The Labute approximate surface area is 119 Å². The number of nitrogens with one attached hydrogen (secondary N) is 2. The Bertz CT molecular complexity index is 528. The maximum absolute atomic E-state index is 12.2. The second-order valence-electron chi connectivity index (χ2n) is 5.90. The summed E-state index contributed by atoms with van der Waals surface area (Å²) in [5.41, 5.74) is 0.0105. The van der Waals surface area contributed by atoms with E-state index in [2.05, 4.69) is 10.6 Å². The molecular weight excluding hydrogens is 256 g/mol. The normalized spacial score (nSPS) is 24.4. The van der Waals surface area contributed by atoms with Crippen LogP contribution in [-0.2, 0) is 11.2 Å². The Kier molecular flexibility index (Phi) is 3.65. The van der Waals surface area contributed by atoms with E-state index < -0.39 is 5.54 Å². The summed E-state index contributed by atoms with van der Waals surface area (Å²) in [7, 11) is 3.21. The van der Waals surface area contributed by atoms with Gasteiger partial charge < -0.3 is 14.8 Å². The molecule has 0 radical (unpaired) electrons. The van der Waals surface area contributed by atoms with Gasteiger partial charge in [-0.25, -0.2) is 0 Å². The van der Waals surface area contributed by atoms with Crippen molar-refractivity contribution in [2.45, 2.75) is 38.4 Å². The number of carbonyl (C=O) groups excluding carboxylic acids is 1. The maximum Gasteiger partial charge on any atom is 0.241 e. The highest BCUT2D eigenvalue weighted by molar-refractivity contribution is 5.89. The largest absolute Gasteiger partial charge is 0.493 e. The average molecular weight is 278 g/mol. The fraction of sp³-hybridized carbons (Fsp3) is 0.533. The molecule has 0 unspecified atom stereocenters. The van der Waals surface area contributed by atoms with Crippen LogP contribution < -0.4 is 20.1 Å². The van der Waals surface area contributed by atoms with Crippen molar-refractivity contribution in [2.75, 3.05) is 14.2 Å². The molecule has 0 saturated carbocycles. The topological polar surface area (TPSA) is 59.6 Å². The molecule has 2 rings (SSSR count). The van der Waals surface area contributed by atoms with Gasteiger partial charge in [0.15, 0.2) is 11.5 Å². The zero-order valence-corrected chi connectivity index (χ0v) is 12.7. The first-order valence-corrected chi connectivity index (χ1v) is 6.62. The summed E-state index contributed by atoms with van der Waals surface area (Å²) in [6.07, 6.45) is 0.586. The number of rotatable bonds is 4. The molecule has 5 nitrogen and oxygen atoms in total. The summed E-state index contributed by atoms with van der Waals surface area (Å²) in [4.78, 5) is 12.2. The molecule has 110 valence electrons. The molecule has 0 aliphatic carbocycles. The first-order valence-electron chi connectivity index (χ1n) is 6.62. The standard InChI is InChI=1S/C15H22N2O3/c1-14(2)16-13(18)15(3,17-14)9-10-6-7-11(19-4)12(8-10)20-5/h6-8,17H,9H2,1-5H3,(H,16,18)/t15-/m0/s1. The Morgan fingerprint density at radius 1 is 1.10 bits per heavy atom. The molecule has 1 saturated heterocycles. The molecule has 20 heavy (non-hydrogen) atoms. The number of ether oxygens (including phenoxy) is 2. The minimum atomic E-state index is -0.622. The fourth-order valence-corrected chi connectivity index (χ4v) is 2.72. The van der Waals surface area contributed by atoms with Crippen molar-refractivity contribution < 1.29 is 14.3 Å². The molecule has 2 N–H and O–H groups in total. The smallest absolute Gasteiger partial charge is 0.241 e. The summed E-state index contributed by atoms with van der Waals surface area (Å²) in [6.45, 7) is 5.81. The van der Waals surface area contributed by atoms with Crippen LogP contribution in [0.4, 0.5) is 0 Å². The number of hydrogen-bond donors (Lipinski definition) is 2. The highest BCUT2D eigenvalue weighted by atomic mass is 16.5. The van der Waals surface area contributed by atoms with Crippen LogP contribution in [0.25, 0.3) is 0 Å². The Morgan fingerprint density at radius 2 is 1.75 bits per heavy atom. The van der Waals surface area contributed by atoms with Crippen LogP contribution in [0.5, 0.6) is 11.5 Å². The molecule has 1 fully saturated rings. The zero-order valence-electron chi connectivity index (χ0n) is 12.7. The van der Waals surface area contributed by atoms with Gasteiger partial charge in [-0.05, 0) is 44.9 Å². The van der Waals surface area contributed by atoms with Gasteiger partial charge in [-0.3, -0.25) is 10.1 Å². The highest BCUT2D eigenvalue weighted by Crippen LogP contribution is 2.30. The van der Waals surface area contributed by atoms with E-state index in [1.807, 2.05) is 39.0 Å². The van der Waals surface area contributed by atoms with Gasteiger partial charge in [0.1, 0.15) is 5.54 Å². The number of methoxy groups -OCH3 is 2. The molecule has 1 heterocycles. The van der Waals surface area contributed by atoms with E-state index in [4.69, 9.17) is 9.47 Å². The third-order valence-electron chi connectivity index (χ3n) is 3.52. The summed E-state index contributed by atoms with van der Waals surface area (Å²) < 4.78 is 10.5. The minimum absolute atomic E-state index is 0.0114. The predicted octanol–water partition coefficient (Wildman–Crippen LogP) is 1.46. The van der Waals surface area contributed by atoms with Gasteiger partial charge in [0.2, 0.25) is 5.91 Å². The van der Waals surface area contributed by atoms with Crippen LogP contribution in [0.1, 0.15) is 26.3 Å². The quantitative estimate of drug-likeness (QED) is 0.875. The molecule has 5 heteroatoms. The molecule has 1 atom stereocenters. The maximum atomic E-state index is 12.2. The van der Waals surface area contributed by atoms with Crippen LogP contribution in [0.15, 0.2) is 18.2 Å². The zero-order chi connectivity index (χ0) is 15.0. The van der Waals surface area contributed by atoms with E-state index >= 15 is 0 Å². The Balaban J connectivity index is 2.24. The molecule has 0 aromatic heterocycles. The molecule has 1 aliphatic rings. The molecule has 1 aromatic rings. The van der Waals surface area contributed by atoms with E-state index in [1.165, 1.54) is 0 Å². The van der Waals surface area contributed by atoms with Gasteiger partial charge in [0.25, 0.3) is 0 Å². The Hall–Kier alpha value is -1.75. The third kappa shape index (κ3) is 2.72. The number of amides is 1. The van der Waals surface area contributed by atoms with Gasteiger partial charge in [-0.15, -0.1) is 0 Å². The van der Waals surface area contributed by atoms with Crippen LogP contribution in [0.2, 0.25) is 0 Å². The first kappa shape index (κ1) is 14.7. The molecule has 0 spiro atoms. The van der Waals surface area contributed by atoms with Crippen molar-refractivity contribution in [1.29, 1.82) is 0 Å². The van der Waals surface area contributed by atoms with Crippen molar-refractivity contribution in [3.05, 3.63) is 23.8 Å². The third-order valence-corrected chi connectivity index (χ3v) is 3.52. The van der Waals surface area contributed by atoms with Gasteiger partial charge >= 0.3 is 0 Å².